The highest BCUT2D eigenvalue weighted by atomic mass is 16.3. The molecule has 6 fully saturated rings. The number of aliphatic hydroxyl groups is 2. The van der Waals surface area contributed by atoms with E-state index in [1.165, 1.54) is 12.8 Å². The first kappa shape index (κ1) is 13.6. The average molecular weight is 306 g/mol. The van der Waals surface area contributed by atoms with Crippen LogP contribution in [0.5, 0.6) is 0 Å². The molecule has 5 nitrogen and oxygen atoms in total. The molecule has 0 radical (unpaired) electrons. The van der Waals surface area contributed by atoms with E-state index in [0.717, 1.165) is 38.8 Å². The van der Waals surface area contributed by atoms with E-state index in [0.29, 0.717) is 23.8 Å². The van der Waals surface area contributed by atoms with Crippen molar-refractivity contribution in [2.75, 3.05) is 19.7 Å². The van der Waals surface area contributed by atoms with Crippen molar-refractivity contribution in [3.63, 3.8) is 0 Å². The van der Waals surface area contributed by atoms with Crippen molar-refractivity contribution in [3.05, 3.63) is 0 Å². The zero-order valence-electron chi connectivity index (χ0n) is 13.0. The van der Waals surface area contributed by atoms with Crippen LogP contribution in [-0.4, -0.2) is 63.4 Å². The number of carbonyl (C=O) groups is 1. The summed E-state index contributed by atoms with van der Waals surface area (Å²) in [6.45, 7) is 1.80. The standard InChI is InChI=1S/C17H26N2O3/c20-9-11-1-2-18-14(11)8-19(16(18)21)15-12-3-10-4-13(15)7-17(22,5-10)6-12/h10-15,20,22H,1-9H2. The van der Waals surface area contributed by atoms with Crippen LogP contribution in [-0.2, 0) is 0 Å². The Morgan fingerprint density at radius 1 is 1.14 bits per heavy atom. The summed E-state index contributed by atoms with van der Waals surface area (Å²) < 4.78 is 0. The molecule has 4 bridgehead atoms. The van der Waals surface area contributed by atoms with Gasteiger partial charge in [0, 0.05) is 31.7 Å². The van der Waals surface area contributed by atoms with Crippen molar-refractivity contribution < 1.29 is 15.0 Å². The van der Waals surface area contributed by atoms with Crippen molar-refractivity contribution >= 4 is 6.03 Å². The molecule has 0 aromatic heterocycles. The third-order valence-corrected chi connectivity index (χ3v) is 7.35. The molecule has 2 saturated heterocycles. The van der Waals surface area contributed by atoms with Crippen LogP contribution in [0.3, 0.4) is 0 Å². The number of aliphatic hydroxyl groups excluding tert-OH is 1. The molecule has 4 saturated carbocycles. The first-order valence-electron chi connectivity index (χ1n) is 8.98. The summed E-state index contributed by atoms with van der Waals surface area (Å²) in [5, 5.41) is 20.3. The maximum atomic E-state index is 12.9. The predicted molar refractivity (Wildman–Crippen MR) is 80.1 cm³/mol. The second-order valence-corrected chi connectivity index (χ2v) is 8.61. The van der Waals surface area contributed by atoms with Gasteiger partial charge in [0.1, 0.15) is 0 Å². The van der Waals surface area contributed by atoms with Crippen LogP contribution < -0.4 is 0 Å². The van der Waals surface area contributed by atoms with Gasteiger partial charge in [0.25, 0.3) is 0 Å². The molecular weight excluding hydrogens is 280 g/mol. The summed E-state index contributed by atoms with van der Waals surface area (Å²) in [7, 11) is 0. The molecule has 4 aliphatic carbocycles. The fraction of sp³-hybridized carbons (Fsp3) is 0.941. The van der Waals surface area contributed by atoms with E-state index >= 15 is 0 Å². The Morgan fingerprint density at radius 2 is 1.86 bits per heavy atom. The Kier molecular flexibility index (Phi) is 2.71. The van der Waals surface area contributed by atoms with Crippen molar-refractivity contribution in [1.82, 2.24) is 9.80 Å². The summed E-state index contributed by atoms with van der Waals surface area (Å²) >= 11 is 0. The van der Waals surface area contributed by atoms with Gasteiger partial charge in [0.15, 0.2) is 0 Å². The van der Waals surface area contributed by atoms with E-state index < -0.39 is 5.60 Å². The summed E-state index contributed by atoms with van der Waals surface area (Å²) in [6.07, 6.45) is 6.11. The van der Waals surface area contributed by atoms with Gasteiger partial charge in [0.05, 0.1) is 11.6 Å². The Hall–Kier alpha value is -0.810. The summed E-state index contributed by atoms with van der Waals surface area (Å²) in [5.74, 6) is 1.93. The number of amides is 2. The maximum absolute atomic E-state index is 12.9. The lowest BCUT2D eigenvalue weighted by Crippen LogP contribution is -2.62. The Morgan fingerprint density at radius 3 is 2.50 bits per heavy atom. The fourth-order valence-corrected chi connectivity index (χ4v) is 6.77. The van der Waals surface area contributed by atoms with E-state index in [1.807, 2.05) is 4.90 Å². The molecule has 6 aliphatic rings. The highest BCUT2D eigenvalue weighted by molar-refractivity contribution is 5.78. The van der Waals surface area contributed by atoms with Gasteiger partial charge in [-0.3, -0.25) is 0 Å². The number of hydrogen-bond acceptors (Lipinski definition) is 3. The minimum atomic E-state index is -0.431. The van der Waals surface area contributed by atoms with E-state index in [-0.39, 0.29) is 24.6 Å². The third-order valence-electron chi connectivity index (χ3n) is 7.35. The molecule has 6 rings (SSSR count). The molecule has 0 aromatic rings. The molecule has 2 heterocycles. The minimum Gasteiger partial charge on any atom is -0.396 e. The summed E-state index contributed by atoms with van der Waals surface area (Å²) in [4.78, 5) is 17.0. The number of rotatable bonds is 2. The van der Waals surface area contributed by atoms with Crippen LogP contribution >= 0.6 is 0 Å². The molecule has 2 amide bonds. The van der Waals surface area contributed by atoms with Crippen molar-refractivity contribution in [1.29, 1.82) is 0 Å². The van der Waals surface area contributed by atoms with E-state index in [9.17, 15) is 15.0 Å². The molecule has 122 valence electrons. The van der Waals surface area contributed by atoms with Gasteiger partial charge in [-0.1, -0.05) is 0 Å². The third kappa shape index (κ3) is 1.70. The minimum absolute atomic E-state index is 0.196. The highest BCUT2D eigenvalue weighted by Crippen LogP contribution is 2.57. The van der Waals surface area contributed by atoms with Gasteiger partial charge in [-0.05, 0) is 56.3 Å². The number of fused-ring (bicyclic) bond motifs is 1. The summed E-state index contributed by atoms with van der Waals surface area (Å²) in [5.41, 5.74) is -0.431. The van der Waals surface area contributed by atoms with Crippen molar-refractivity contribution in [2.45, 2.75) is 56.2 Å². The SMILES string of the molecule is O=C1N2CCC(CO)C2CN1C1C2CC3CC1CC(O)(C3)C2. The lowest BCUT2D eigenvalue weighted by molar-refractivity contribution is -0.152. The molecule has 0 spiro atoms. The Labute approximate surface area is 131 Å². The lowest BCUT2D eigenvalue weighted by Gasteiger charge is -2.59. The maximum Gasteiger partial charge on any atom is 0.320 e. The van der Waals surface area contributed by atoms with Gasteiger partial charge >= 0.3 is 6.03 Å². The molecule has 2 aliphatic heterocycles. The smallest absolute Gasteiger partial charge is 0.320 e. The molecule has 22 heavy (non-hydrogen) atoms. The average Bonchev–Trinajstić information content (AvgIpc) is 2.98. The highest BCUT2D eigenvalue weighted by Gasteiger charge is 2.59. The van der Waals surface area contributed by atoms with Gasteiger partial charge in [-0.2, -0.15) is 0 Å². The zero-order chi connectivity index (χ0) is 15.1. The zero-order valence-corrected chi connectivity index (χ0v) is 13.0. The van der Waals surface area contributed by atoms with Crippen LogP contribution in [0.25, 0.3) is 0 Å². The largest absolute Gasteiger partial charge is 0.396 e. The van der Waals surface area contributed by atoms with Gasteiger partial charge in [0.2, 0.25) is 0 Å². The number of nitrogens with zero attached hydrogens (tertiary/aromatic N) is 2. The molecule has 4 unspecified atom stereocenters. The normalized spacial score (nSPS) is 52.7. The van der Waals surface area contributed by atoms with Crippen molar-refractivity contribution in [3.8, 4) is 0 Å². The van der Waals surface area contributed by atoms with E-state index in [1.54, 1.807) is 0 Å². The van der Waals surface area contributed by atoms with Crippen LogP contribution in [0.4, 0.5) is 4.79 Å². The molecule has 4 atom stereocenters. The van der Waals surface area contributed by atoms with Crippen molar-refractivity contribution in [2.24, 2.45) is 23.7 Å². The number of hydrogen-bond donors (Lipinski definition) is 2. The monoisotopic (exact) mass is 306 g/mol. The Bertz CT molecular complexity index is 494. The van der Waals surface area contributed by atoms with Gasteiger partial charge in [-0.15, -0.1) is 0 Å². The topological polar surface area (TPSA) is 64.0 Å². The van der Waals surface area contributed by atoms with Crippen LogP contribution in [0.2, 0.25) is 0 Å². The van der Waals surface area contributed by atoms with Gasteiger partial charge in [-0.25, -0.2) is 4.79 Å². The fourth-order valence-electron chi connectivity index (χ4n) is 6.77. The molecular formula is C17H26N2O3. The van der Waals surface area contributed by atoms with Gasteiger partial charge < -0.3 is 20.0 Å². The number of carbonyl (C=O) groups excluding carboxylic acids is 1. The predicted octanol–water partition coefficient (Wildman–Crippen LogP) is 1.04. The van der Waals surface area contributed by atoms with Crippen LogP contribution in [0.15, 0.2) is 0 Å². The molecule has 0 aromatic carbocycles. The lowest BCUT2D eigenvalue weighted by atomic mass is 9.52. The van der Waals surface area contributed by atoms with Crippen LogP contribution in [0.1, 0.15) is 38.5 Å². The summed E-state index contributed by atoms with van der Waals surface area (Å²) in [6, 6.07) is 0.762. The second-order valence-electron chi connectivity index (χ2n) is 8.61. The van der Waals surface area contributed by atoms with Crippen LogP contribution in [0, 0.1) is 23.7 Å². The number of urea groups is 1. The molecule has 5 heteroatoms. The first-order chi connectivity index (χ1) is 10.6. The van der Waals surface area contributed by atoms with E-state index in [2.05, 4.69) is 4.90 Å². The van der Waals surface area contributed by atoms with E-state index in [4.69, 9.17) is 0 Å². The second kappa shape index (κ2) is 4.38. The molecule has 2 N–H and O–H groups in total. The first-order valence-corrected chi connectivity index (χ1v) is 8.98. The quantitative estimate of drug-likeness (QED) is 0.801. The Balaban J connectivity index is 1.41.